The van der Waals surface area contributed by atoms with Gasteiger partial charge in [0, 0.05) is 23.9 Å². The van der Waals surface area contributed by atoms with Gasteiger partial charge in [0.15, 0.2) is 5.58 Å². The Balaban J connectivity index is 1.93. The fourth-order valence-corrected chi connectivity index (χ4v) is 4.79. The molecule has 124 valence electrons. The number of hydrogen-bond acceptors (Lipinski definition) is 4. The number of rotatable bonds is 2. The highest BCUT2D eigenvalue weighted by Crippen LogP contribution is 2.36. The largest absolute Gasteiger partial charge is 0.459 e. The highest BCUT2D eigenvalue weighted by molar-refractivity contribution is 7.91. The summed E-state index contributed by atoms with van der Waals surface area (Å²) in [5.74, 6) is 0.895. The molecular weight excluding hydrogens is 346 g/mol. The van der Waals surface area contributed by atoms with Crippen molar-refractivity contribution in [2.24, 2.45) is 0 Å². The molecule has 6 heteroatoms. The Hall–Kier alpha value is -1.82. The predicted molar refractivity (Wildman–Crippen MR) is 93.4 cm³/mol. The lowest BCUT2D eigenvalue weighted by molar-refractivity contribution is 0.542. The van der Waals surface area contributed by atoms with Crippen molar-refractivity contribution in [1.29, 1.82) is 0 Å². The van der Waals surface area contributed by atoms with Crippen LogP contribution in [0.1, 0.15) is 11.3 Å². The highest BCUT2D eigenvalue weighted by atomic mass is 35.5. The first-order chi connectivity index (χ1) is 11.6. The molecule has 0 radical (unpaired) electrons. The number of halogens is 1. The van der Waals surface area contributed by atoms with Crippen LogP contribution in [0.15, 0.2) is 56.7 Å². The van der Waals surface area contributed by atoms with Gasteiger partial charge < -0.3 is 9.73 Å². The number of furan rings is 1. The maximum atomic E-state index is 12.9. The monoisotopic (exact) mass is 361 g/mol. The van der Waals surface area contributed by atoms with E-state index in [1.165, 1.54) is 6.07 Å². The third-order valence-corrected chi connectivity index (χ3v) is 6.38. The molecule has 4 rings (SSSR count). The Morgan fingerprint density at radius 2 is 1.75 bits per heavy atom. The van der Waals surface area contributed by atoms with Crippen molar-refractivity contribution in [2.75, 3.05) is 13.1 Å². The van der Waals surface area contributed by atoms with Gasteiger partial charge in [0.1, 0.15) is 5.76 Å². The second-order valence-electron chi connectivity index (χ2n) is 5.85. The summed E-state index contributed by atoms with van der Waals surface area (Å²) in [7, 11) is -3.61. The lowest BCUT2D eigenvalue weighted by atomic mass is 10.1. The van der Waals surface area contributed by atoms with E-state index in [-0.39, 0.29) is 9.79 Å². The lowest BCUT2D eigenvalue weighted by Gasteiger charge is -2.06. The minimum absolute atomic E-state index is 0.201. The van der Waals surface area contributed by atoms with E-state index in [0.29, 0.717) is 10.6 Å². The molecule has 0 aliphatic carbocycles. The number of hydrogen-bond donors (Lipinski definition) is 1. The van der Waals surface area contributed by atoms with Gasteiger partial charge in [0.25, 0.3) is 0 Å². The molecule has 0 unspecified atom stereocenters. The molecule has 3 aromatic rings. The van der Waals surface area contributed by atoms with Crippen molar-refractivity contribution < 1.29 is 12.8 Å². The Kier molecular flexibility index (Phi) is 3.87. The van der Waals surface area contributed by atoms with Gasteiger partial charge in [-0.1, -0.05) is 29.8 Å². The highest BCUT2D eigenvalue weighted by Gasteiger charge is 2.23. The van der Waals surface area contributed by atoms with Crippen molar-refractivity contribution in [1.82, 2.24) is 5.32 Å². The molecule has 2 aromatic carbocycles. The SMILES string of the molecule is O=S(=O)(c1ccccc1)c1cc(Cl)c2oc3c(c2c1)CCNCC3. The predicted octanol–water partition coefficient (Wildman–Crippen LogP) is 3.61. The van der Waals surface area contributed by atoms with Gasteiger partial charge in [0.05, 0.1) is 14.8 Å². The van der Waals surface area contributed by atoms with Crippen molar-refractivity contribution in [3.05, 3.63) is 58.8 Å². The maximum absolute atomic E-state index is 12.9. The van der Waals surface area contributed by atoms with Crippen LogP contribution in [0, 0.1) is 0 Å². The molecule has 1 aliphatic heterocycles. The first-order valence-electron chi connectivity index (χ1n) is 7.82. The fourth-order valence-electron chi connectivity index (χ4n) is 3.14. The minimum atomic E-state index is -3.61. The van der Waals surface area contributed by atoms with Crippen LogP contribution in [0.2, 0.25) is 5.02 Å². The summed E-state index contributed by atoms with van der Waals surface area (Å²) in [4.78, 5) is 0.462. The van der Waals surface area contributed by atoms with Crippen LogP contribution in [-0.2, 0) is 22.7 Å². The molecule has 1 aromatic heterocycles. The van der Waals surface area contributed by atoms with Gasteiger partial charge in [-0.25, -0.2) is 8.42 Å². The van der Waals surface area contributed by atoms with Crippen LogP contribution < -0.4 is 5.32 Å². The van der Waals surface area contributed by atoms with Crippen LogP contribution in [0.25, 0.3) is 11.0 Å². The molecule has 1 N–H and O–H groups in total. The Bertz CT molecular complexity index is 1010. The van der Waals surface area contributed by atoms with Crippen LogP contribution in [0.3, 0.4) is 0 Å². The van der Waals surface area contributed by atoms with E-state index in [0.717, 1.165) is 42.6 Å². The van der Waals surface area contributed by atoms with Gasteiger partial charge in [-0.3, -0.25) is 0 Å². The van der Waals surface area contributed by atoms with Gasteiger partial charge >= 0.3 is 0 Å². The van der Waals surface area contributed by atoms with Crippen molar-refractivity contribution >= 4 is 32.4 Å². The summed E-state index contributed by atoms with van der Waals surface area (Å²) in [6, 6.07) is 11.6. The van der Waals surface area contributed by atoms with Gasteiger partial charge in [0.2, 0.25) is 9.84 Å². The van der Waals surface area contributed by atoms with Crippen LogP contribution in [0.5, 0.6) is 0 Å². The van der Waals surface area contributed by atoms with E-state index < -0.39 is 9.84 Å². The zero-order valence-electron chi connectivity index (χ0n) is 12.9. The normalized spacial score (nSPS) is 15.2. The standard InChI is InChI=1S/C18H16ClNO3S/c19-16-11-13(24(21,22)12-4-2-1-3-5-12)10-15-14-6-8-20-9-7-17(14)23-18(15)16/h1-5,10-11,20H,6-9H2. The van der Waals surface area contributed by atoms with Gasteiger partial charge in [-0.15, -0.1) is 0 Å². The molecular formula is C18H16ClNO3S. The smallest absolute Gasteiger partial charge is 0.206 e. The van der Waals surface area contributed by atoms with Gasteiger partial charge in [-0.05, 0) is 37.2 Å². The summed E-state index contributed by atoms with van der Waals surface area (Å²) >= 11 is 6.34. The molecule has 0 amide bonds. The van der Waals surface area contributed by atoms with E-state index >= 15 is 0 Å². The summed E-state index contributed by atoms with van der Waals surface area (Å²) < 4.78 is 31.7. The molecule has 0 bridgehead atoms. The second kappa shape index (κ2) is 5.92. The zero-order chi connectivity index (χ0) is 16.7. The number of nitrogens with one attached hydrogen (secondary N) is 1. The zero-order valence-corrected chi connectivity index (χ0v) is 14.5. The lowest BCUT2D eigenvalue weighted by Crippen LogP contribution is -2.16. The summed E-state index contributed by atoms with van der Waals surface area (Å²) in [5, 5.41) is 4.46. The topological polar surface area (TPSA) is 59.3 Å². The van der Waals surface area contributed by atoms with Crippen molar-refractivity contribution in [3.63, 3.8) is 0 Å². The first kappa shape index (κ1) is 15.7. The van der Waals surface area contributed by atoms with Crippen molar-refractivity contribution in [3.8, 4) is 0 Å². The number of fused-ring (bicyclic) bond motifs is 3. The molecule has 1 aliphatic rings. The third-order valence-electron chi connectivity index (χ3n) is 4.35. The molecule has 2 heterocycles. The molecule has 0 spiro atoms. The number of sulfone groups is 1. The van der Waals surface area contributed by atoms with E-state index in [1.807, 2.05) is 0 Å². The quantitative estimate of drug-likeness (QED) is 0.757. The Morgan fingerprint density at radius 3 is 2.54 bits per heavy atom. The van der Waals surface area contributed by atoms with E-state index in [4.69, 9.17) is 16.0 Å². The third kappa shape index (κ3) is 2.53. The van der Waals surface area contributed by atoms with E-state index in [2.05, 4.69) is 5.32 Å². The Morgan fingerprint density at radius 1 is 1.00 bits per heavy atom. The minimum Gasteiger partial charge on any atom is -0.459 e. The molecule has 0 saturated heterocycles. The first-order valence-corrected chi connectivity index (χ1v) is 9.68. The summed E-state index contributed by atoms with van der Waals surface area (Å²) in [6.45, 7) is 1.69. The van der Waals surface area contributed by atoms with Crippen molar-refractivity contribution in [2.45, 2.75) is 22.6 Å². The molecule has 24 heavy (non-hydrogen) atoms. The van der Waals surface area contributed by atoms with Gasteiger partial charge in [-0.2, -0.15) is 0 Å². The fraction of sp³-hybridized carbons (Fsp3) is 0.222. The summed E-state index contributed by atoms with van der Waals surface area (Å²) in [6.07, 6.45) is 1.58. The van der Waals surface area contributed by atoms with Crippen LogP contribution in [-0.4, -0.2) is 21.5 Å². The Labute approximate surface area is 145 Å². The number of benzene rings is 2. The average molecular weight is 362 g/mol. The van der Waals surface area contributed by atoms with Crippen LogP contribution >= 0.6 is 11.6 Å². The van der Waals surface area contributed by atoms with E-state index in [9.17, 15) is 8.42 Å². The molecule has 0 saturated carbocycles. The molecule has 0 fully saturated rings. The maximum Gasteiger partial charge on any atom is 0.206 e. The molecule has 0 atom stereocenters. The molecule has 4 nitrogen and oxygen atoms in total. The second-order valence-corrected chi connectivity index (χ2v) is 8.21. The van der Waals surface area contributed by atoms with E-state index in [1.54, 1.807) is 36.4 Å². The summed E-state index contributed by atoms with van der Waals surface area (Å²) in [5.41, 5.74) is 1.64. The van der Waals surface area contributed by atoms with Crippen LogP contribution in [0.4, 0.5) is 0 Å². The average Bonchev–Trinajstić information content (AvgIpc) is 2.78.